The quantitative estimate of drug-likeness (QED) is 0.797. The highest BCUT2D eigenvalue weighted by atomic mass is 32.2. The zero-order valence-electron chi connectivity index (χ0n) is 9.18. The van der Waals surface area contributed by atoms with Gasteiger partial charge in [0.05, 0.1) is 15.7 Å². The van der Waals surface area contributed by atoms with Crippen molar-refractivity contribution in [1.29, 1.82) is 0 Å². The van der Waals surface area contributed by atoms with Gasteiger partial charge in [0, 0.05) is 36.1 Å². The van der Waals surface area contributed by atoms with E-state index >= 15 is 0 Å². The van der Waals surface area contributed by atoms with Gasteiger partial charge < -0.3 is 0 Å². The molecule has 2 heterocycles. The van der Waals surface area contributed by atoms with Gasteiger partial charge in [-0.05, 0) is 30.7 Å². The van der Waals surface area contributed by atoms with Crippen LogP contribution in [0.25, 0.3) is 11.1 Å². The summed E-state index contributed by atoms with van der Waals surface area (Å²) in [6, 6.07) is 5.81. The predicted octanol–water partition coefficient (Wildman–Crippen LogP) is 2.19. The van der Waals surface area contributed by atoms with Gasteiger partial charge in [0.1, 0.15) is 0 Å². The summed E-state index contributed by atoms with van der Waals surface area (Å²) in [7, 11) is -0.996. The summed E-state index contributed by atoms with van der Waals surface area (Å²) in [5, 5.41) is 0. The molecule has 0 saturated carbocycles. The van der Waals surface area contributed by atoms with Crippen LogP contribution in [0.3, 0.4) is 0 Å². The van der Waals surface area contributed by atoms with Crippen LogP contribution in [0.5, 0.6) is 0 Å². The zero-order valence-corrected chi connectivity index (χ0v) is 9.99. The van der Waals surface area contributed by atoms with E-state index in [0.717, 1.165) is 21.7 Å². The first kappa shape index (κ1) is 11.0. The van der Waals surface area contributed by atoms with Crippen molar-refractivity contribution in [3.63, 3.8) is 0 Å². The Labute approximate surface area is 97.0 Å². The number of rotatable bonds is 2. The fraction of sp³-hybridized carbons (Fsp3) is 0.167. The molecule has 16 heavy (non-hydrogen) atoms. The average Bonchev–Trinajstić information content (AvgIpc) is 2.29. The summed E-state index contributed by atoms with van der Waals surface area (Å²) in [6.07, 6.45) is 6.82. The van der Waals surface area contributed by atoms with Gasteiger partial charge in [-0.3, -0.25) is 14.2 Å². The van der Waals surface area contributed by atoms with E-state index in [0.29, 0.717) is 0 Å². The van der Waals surface area contributed by atoms with Crippen molar-refractivity contribution in [1.82, 2.24) is 9.97 Å². The normalized spacial score (nSPS) is 12.4. The van der Waals surface area contributed by atoms with Crippen LogP contribution in [0.4, 0.5) is 0 Å². The summed E-state index contributed by atoms with van der Waals surface area (Å²) in [5.74, 6) is 0. The van der Waals surface area contributed by atoms with Gasteiger partial charge >= 0.3 is 0 Å². The fourth-order valence-corrected chi connectivity index (χ4v) is 1.96. The third kappa shape index (κ3) is 2.33. The van der Waals surface area contributed by atoms with Crippen molar-refractivity contribution >= 4 is 10.8 Å². The third-order valence-corrected chi connectivity index (χ3v) is 3.16. The molecule has 0 bridgehead atoms. The van der Waals surface area contributed by atoms with Crippen LogP contribution < -0.4 is 0 Å². The van der Waals surface area contributed by atoms with Gasteiger partial charge in [-0.1, -0.05) is 0 Å². The van der Waals surface area contributed by atoms with Gasteiger partial charge in [-0.15, -0.1) is 0 Å². The Balaban J connectivity index is 2.48. The van der Waals surface area contributed by atoms with E-state index < -0.39 is 10.8 Å². The van der Waals surface area contributed by atoms with E-state index in [9.17, 15) is 4.21 Å². The van der Waals surface area contributed by atoms with E-state index in [2.05, 4.69) is 9.97 Å². The Bertz CT molecular complexity index is 540. The first-order valence-electron chi connectivity index (χ1n) is 4.88. The summed E-state index contributed by atoms with van der Waals surface area (Å²) in [4.78, 5) is 8.98. The molecule has 0 radical (unpaired) electrons. The molecule has 0 aromatic carbocycles. The van der Waals surface area contributed by atoms with Crippen molar-refractivity contribution in [2.45, 2.75) is 11.8 Å². The lowest BCUT2D eigenvalue weighted by Gasteiger charge is -2.03. The standard InChI is InChI=1S/C12H12N2OS/c1-9-5-10(3-4-14-9)11-6-12(16(2)15)8-13-7-11/h3-8H,1-2H3. The smallest absolute Gasteiger partial charge is 0.0574 e. The highest BCUT2D eigenvalue weighted by Crippen LogP contribution is 2.20. The van der Waals surface area contributed by atoms with Gasteiger partial charge in [0.2, 0.25) is 0 Å². The maximum absolute atomic E-state index is 11.4. The molecule has 3 nitrogen and oxygen atoms in total. The van der Waals surface area contributed by atoms with Crippen LogP contribution in [0.15, 0.2) is 41.7 Å². The average molecular weight is 232 g/mol. The lowest BCUT2D eigenvalue weighted by Crippen LogP contribution is -1.90. The maximum atomic E-state index is 11.4. The first-order chi connectivity index (χ1) is 7.66. The zero-order chi connectivity index (χ0) is 11.5. The maximum Gasteiger partial charge on any atom is 0.0574 e. The first-order valence-corrected chi connectivity index (χ1v) is 6.44. The molecule has 0 spiro atoms. The van der Waals surface area contributed by atoms with Crippen molar-refractivity contribution in [2.75, 3.05) is 6.26 Å². The molecule has 4 heteroatoms. The Morgan fingerprint density at radius 3 is 2.69 bits per heavy atom. The number of pyridine rings is 2. The van der Waals surface area contributed by atoms with Crippen LogP contribution in [0.2, 0.25) is 0 Å². The number of aryl methyl sites for hydroxylation is 1. The monoisotopic (exact) mass is 232 g/mol. The number of hydrogen-bond acceptors (Lipinski definition) is 3. The summed E-state index contributed by atoms with van der Waals surface area (Å²) >= 11 is 0. The molecule has 0 aliphatic rings. The topological polar surface area (TPSA) is 42.9 Å². The Kier molecular flexibility index (Phi) is 3.10. The molecule has 1 atom stereocenters. The highest BCUT2D eigenvalue weighted by Gasteiger charge is 2.02. The minimum absolute atomic E-state index is 0.743. The molecule has 2 rings (SSSR count). The summed E-state index contributed by atoms with van der Waals surface area (Å²) in [5.41, 5.74) is 2.98. The van der Waals surface area contributed by atoms with Gasteiger partial charge in [-0.2, -0.15) is 0 Å². The molecule has 82 valence electrons. The van der Waals surface area contributed by atoms with Gasteiger partial charge in [0.15, 0.2) is 0 Å². The SMILES string of the molecule is Cc1cc(-c2cncc(S(C)=O)c2)ccn1. The molecule has 0 aliphatic carbocycles. The molecular formula is C12H12N2OS. The fourth-order valence-electron chi connectivity index (χ4n) is 1.46. The molecule has 2 aromatic rings. The van der Waals surface area contributed by atoms with E-state index in [1.807, 2.05) is 25.1 Å². The lowest BCUT2D eigenvalue weighted by atomic mass is 10.1. The van der Waals surface area contributed by atoms with Crippen LogP contribution in [-0.2, 0) is 10.8 Å². The number of hydrogen-bond donors (Lipinski definition) is 0. The molecule has 0 N–H and O–H groups in total. The van der Waals surface area contributed by atoms with Crippen LogP contribution in [-0.4, -0.2) is 20.4 Å². The van der Waals surface area contributed by atoms with Crippen molar-refractivity contribution in [3.8, 4) is 11.1 Å². The minimum Gasteiger partial charge on any atom is -0.263 e. The lowest BCUT2D eigenvalue weighted by molar-refractivity contribution is 0.686. The van der Waals surface area contributed by atoms with Crippen LogP contribution >= 0.6 is 0 Å². The second-order valence-corrected chi connectivity index (χ2v) is 4.93. The van der Waals surface area contributed by atoms with E-state index in [-0.39, 0.29) is 0 Å². The van der Waals surface area contributed by atoms with E-state index in [1.54, 1.807) is 24.8 Å². The molecular weight excluding hydrogens is 220 g/mol. The molecule has 2 aromatic heterocycles. The Morgan fingerprint density at radius 1 is 1.19 bits per heavy atom. The second kappa shape index (κ2) is 4.53. The van der Waals surface area contributed by atoms with Crippen LogP contribution in [0.1, 0.15) is 5.69 Å². The largest absolute Gasteiger partial charge is 0.263 e. The predicted molar refractivity (Wildman–Crippen MR) is 64.5 cm³/mol. The van der Waals surface area contributed by atoms with E-state index in [1.165, 1.54) is 0 Å². The third-order valence-electron chi connectivity index (χ3n) is 2.28. The number of aromatic nitrogens is 2. The van der Waals surface area contributed by atoms with Crippen molar-refractivity contribution in [3.05, 3.63) is 42.5 Å². The van der Waals surface area contributed by atoms with Crippen molar-refractivity contribution < 1.29 is 4.21 Å². The van der Waals surface area contributed by atoms with Crippen molar-refractivity contribution in [2.24, 2.45) is 0 Å². The summed E-state index contributed by atoms with van der Waals surface area (Å²) in [6.45, 7) is 1.94. The molecule has 1 unspecified atom stereocenters. The van der Waals surface area contributed by atoms with Gasteiger partial charge in [0.25, 0.3) is 0 Å². The minimum atomic E-state index is -0.996. The highest BCUT2D eigenvalue weighted by molar-refractivity contribution is 7.84. The van der Waals surface area contributed by atoms with Gasteiger partial charge in [-0.25, -0.2) is 0 Å². The molecule has 0 aliphatic heterocycles. The Morgan fingerprint density at radius 2 is 2.00 bits per heavy atom. The number of nitrogens with zero attached hydrogens (tertiary/aromatic N) is 2. The molecule has 0 fully saturated rings. The summed E-state index contributed by atoms with van der Waals surface area (Å²) < 4.78 is 11.4. The van der Waals surface area contributed by atoms with E-state index in [4.69, 9.17) is 0 Å². The molecule has 0 saturated heterocycles. The Hall–Kier alpha value is -1.55. The van der Waals surface area contributed by atoms with Crippen LogP contribution in [0, 0.1) is 6.92 Å². The second-order valence-electron chi connectivity index (χ2n) is 3.55. The molecule has 0 amide bonds.